The second kappa shape index (κ2) is 5.85. The van der Waals surface area contributed by atoms with E-state index in [1.165, 1.54) is 38.5 Å². The zero-order valence-electron chi connectivity index (χ0n) is 11.1. The zero-order chi connectivity index (χ0) is 12.1. The van der Waals surface area contributed by atoms with Crippen molar-refractivity contribution in [1.82, 2.24) is 10.6 Å². The molecule has 3 nitrogen and oxygen atoms in total. The van der Waals surface area contributed by atoms with Gasteiger partial charge in [-0.3, -0.25) is 4.79 Å². The van der Waals surface area contributed by atoms with Gasteiger partial charge in [0.1, 0.15) is 0 Å². The Morgan fingerprint density at radius 3 is 2.47 bits per heavy atom. The molecule has 2 N–H and O–H groups in total. The average molecular weight is 238 g/mol. The highest BCUT2D eigenvalue weighted by Crippen LogP contribution is 2.24. The van der Waals surface area contributed by atoms with Crippen molar-refractivity contribution in [2.75, 3.05) is 6.54 Å². The molecule has 1 amide bonds. The first kappa shape index (κ1) is 12.9. The van der Waals surface area contributed by atoms with Crippen LogP contribution in [0.15, 0.2) is 0 Å². The summed E-state index contributed by atoms with van der Waals surface area (Å²) in [5.74, 6) is 0.254. The van der Waals surface area contributed by atoms with Gasteiger partial charge in [0.15, 0.2) is 0 Å². The van der Waals surface area contributed by atoms with Crippen LogP contribution in [0, 0.1) is 0 Å². The van der Waals surface area contributed by atoms with E-state index >= 15 is 0 Å². The number of nitrogens with one attached hydrogen (secondary N) is 2. The lowest BCUT2D eigenvalue weighted by Crippen LogP contribution is -2.55. The molecule has 3 heteroatoms. The van der Waals surface area contributed by atoms with E-state index in [0.29, 0.717) is 6.04 Å². The van der Waals surface area contributed by atoms with Crippen molar-refractivity contribution in [1.29, 1.82) is 0 Å². The van der Waals surface area contributed by atoms with Gasteiger partial charge in [-0.1, -0.05) is 32.6 Å². The number of carbonyl (C=O) groups excluding carboxylic acids is 1. The summed E-state index contributed by atoms with van der Waals surface area (Å²) in [6.07, 6.45) is 10.6. The van der Waals surface area contributed by atoms with Crippen LogP contribution < -0.4 is 10.6 Å². The quantitative estimate of drug-likeness (QED) is 0.741. The van der Waals surface area contributed by atoms with Gasteiger partial charge in [0.2, 0.25) is 5.91 Å². The SMILES string of the molecule is CCC1(C(=O)NC2CCCCCC2)CCCN1. The molecule has 2 fully saturated rings. The molecule has 0 radical (unpaired) electrons. The highest BCUT2D eigenvalue weighted by Gasteiger charge is 2.39. The van der Waals surface area contributed by atoms with Crippen LogP contribution in [0.2, 0.25) is 0 Å². The van der Waals surface area contributed by atoms with E-state index < -0.39 is 0 Å². The van der Waals surface area contributed by atoms with E-state index in [1.54, 1.807) is 0 Å². The Bertz CT molecular complexity index is 251. The Morgan fingerprint density at radius 2 is 1.94 bits per heavy atom. The summed E-state index contributed by atoms with van der Waals surface area (Å²) in [5.41, 5.74) is -0.258. The van der Waals surface area contributed by atoms with Crippen LogP contribution in [0.3, 0.4) is 0 Å². The van der Waals surface area contributed by atoms with E-state index in [1.807, 2.05) is 0 Å². The molecule has 2 rings (SSSR count). The van der Waals surface area contributed by atoms with Gasteiger partial charge in [-0.05, 0) is 38.6 Å². The summed E-state index contributed by atoms with van der Waals surface area (Å²) in [5, 5.41) is 6.70. The monoisotopic (exact) mass is 238 g/mol. The first-order valence-electron chi connectivity index (χ1n) is 7.33. The molecule has 1 saturated carbocycles. The van der Waals surface area contributed by atoms with E-state index in [9.17, 15) is 4.79 Å². The van der Waals surface area contributed by atoms with Gasteiger partial charge in [-0.25, -0.2) is 0 Å². The van der Waals surface area contributed by atoms with Crippen molar-refractivity contribution in [2.24, 2.45) is 0 Å². The fourth-order valence-corrected chi connectivity index (χ4v) is 3.21. The van der Waals surface area contributed by atoms with E-state index in [-0.39, 0.29) is 11.4 Å². The lowest BCUT2D eigenvalue weighted by molar-refractivity contribution is -0.128. The Labute approximate surface area is 105 Å². The Balaban J connectivity index is 1.90. The van der Waals surface area contributed by atoms with Gasteiger partial charge >= 0.3 is 0 Å². The molecule has 0 aromatic carbocycles. The summed E-state index contributed by atoms with van der Waals surface area (Å²) in [6.45, 7) is 3.11. The maximum Gasteiger partial charge on any atom is 0.240 e. The first-order chi connectivity index (χ1) is 8.27. The van der Waals surface area contributed by atoms with Crippen LogP contribution in [0.1, 0.15) is 64.7 Å². The maximum absolute atomic E-state index is 12.4. The minimum Gasteiger partial charge on any atom is -0.352 e. The Hall–Kier alpha value is -0.570. The summed E-state index contributed by atoms with van der Waals surface area (Å²) in [6, 6.07) is 0.427. The van der Waals surface area contributed by atoms with Crippen LogP contribution in [-0.2, 0) is 4.79 Å². The summed E-state index contributed by atoms with van der Waals surface area (Å²) in [4.78, 5) is 12.4. The second-order valence-electron chi connectivity index (χ2n) is 5.63. The maximum atomic E-state index is 12.4. The molecule has 98 valence electrons. The molecular weight excluding hydrogens is 212 g/mol. The third-order valence-corrected chi connectivity index (χ3v) is 4.47. The predicted octanol–water partition coefficient (Wildman–Crippen LogP) is 2.36. The van der Waals surface area contributed by atoms with Crippen molar-refractivity contribution in [3.63, 3.8) is 0 Å². The third kappa shape index (κ3) is 3.01. The smallest absolute Gasteiger partial charge is 0.240 e. The molecular formula is C14H26N2O. The summed E-state index contributed by atoms with van der Waals surface area (Å²) in [7, 11) is 0. The molecule has 1 heterocycles. The van der Waals surface area contributed by atoms with Crippen LogP contribution in [-0.4, -0.2) is 24.0 Å². The molecule has 1 aliphatic heterocycles. The standard InChI is InChI=1S/C14H26N2O/c1-2-14(10-7-11-15-14)13(17)16-12-8-5-3-4-6-9-12/h12,15H,2-11H2,1H3,(H,16,17). The van der Waals surface area contributed by atoms with Crippen molar-refractivity contribution in [3.8, 4) is 0 Å². The van der Waals surface area contributed by atoms with Gasteiger partial charge in [-0.15, -0.1) is 0 Å². The first-order valence-corrected chi connectivity index (χ1v) is 7.33. The molecule has 0 spiro atoms. The van der Waals surface area contributed by atoms with Crippen molar-refractivity contribution < 1.29 is 4.79 Å². The van der Waals surface area contributed by atoms with Crippen LogP contribution in [0.5, 0.6) is 0 Å². The molecule has 2 aliphatic rings. The van der Waals surface area contributed by atoms with Crippen LogP contribution in [0.4, 0.5) is 0 Å². The Morgan fingerprint density at radius 1 is 1.24 bits per heavy atom. The number of carbonyl (C=O) groups is 1. The van der Waals surface area contributed by atoms with E-state index in [0.717, 1.165) is 25.8 Å². The normalized spacial score (nSPS) is 31.1. The van der Waals surface area contributed by atoms with Gasteiger partial charge < -0.3 is 10.6 Å². The van der Waals surface area contributed by atoms with E-state index in [2.05, 4.69) is 17.6 Å². The number of amides is 1. The lowest BCUT2D eigenvalue weighted by atomic mass is 9.92. The fraction of sp³-hybridized carbons (Fsp3) is 0.929. The van der Waals surface area contributed by atoms with Gasteiger partial charge in [0.25, 0.3) is 0 Å². The van der Waals surface area contributed by atoms with Crippen LogP contribution >= 0.6 is 0 Å². The zero-order valence-corrected chi connectivity index (χ0v) is 11.1. The van der Waals surface area contributed by atoms with Gasteiger partial charge in [-0.2, -0.15) is 0 Å². The predicted molar refractivity (Wildman–Crippen MR) is 69.9 cm³/mol. The van der Waals surface area contributed by atoms with Crippen molar-refractivity contribution >= 4 is 5.91 Å². The number of rotatable bonds is 3. The van der Waals surface area contributed by atoms with E-state index in [4.69, 9.17) is 0 Å². The van der Waals surface area contributed by atoms with Gasteiger partial charge in [0, 0.05) is 6.04 Å². The molecule has 1 atom stereocenters. The molecule has 1 unspecified atom stereocenters. The lowest BCUT2D eigenvalue weighted by Gasteiger charge is -2.29. The minimum absolute atomic E-state index is 0.254. The third-order valence-electron chi connectivity index (χ3n) is 4.47. The molecule has 0 aromatic heterocycles. The summed E-state index contributed by atoms with van der Waals surface area (Å²) < 4.78 is 0. The largest absolute Gasteiger partial charge is 0.352 e. The number of hydrogen-bond donors (Lipinski definition) is 2. The summed E-state index contributed by atoms with van der Waals surface area (Å²) >= 11 is 0. The molecule has 0 aromatic rings. The van der Waals surface area contributed by atoms with Crippen molar-refractivity contribution in [3.05, 3.63) is 0 Å². The fourth-order valence-electron chi connectivity index (χ4n) is 3.21. The highest BCUT2D eigenvalue weighted by atomic mass is 16.2. The van der Waals surface area contributed by atoms with Crippen molar-refractivity contribution in [2.45, 2.75) is 76.3 Å². The Kier molecular flexibility index (Phi) is 4.43. The molecule has 1 aliphatic carbocycles. The number of hydrogen-bond acceptors (Lipinski definition) is 2. The van der Waals surface area contributed by atoms with Gasteiger partial charge in [0.05, 0.1) is 5.54 Å². The molecule has 17 heavy (non-hydrogen) atoms. The average Bonchev–Trinajstić information content (AvgIpc) is 2.70. The highest BCUT2D eigenvalue weighted by molar-refractivity contribution is 5.86. The topological polar surface area (TPSA) is 41.1 Å². The minimum atomic E-state index is -0.258. The molecule has 0 bridgehead atoms. The molecule has 1 saturated heterocycles. The second-order valence-corrected chi connectivity index (χ2v) is 5.63. The van der Waals surface area contributed by atoms with Crippen LogP contribution in [0.25, 0.3) is 0 Å².